The lowest BCUT2D eigenvalue weighted by atomic mass is 10.1. The SMILES string of the molecule is CC(NC(=O)OC(C)(C)C)C(CN)N(C)C(C)C. The molecular formula is C13H29N3O2. The molecule has 18 heavy (non-hydrogen) atoms. The molecule has 0 fully saturated rings. The van der Waals surface area contributed by atoms with Crippen molar-refractivity contribution >= 4 is 6.09 Å². The van der Waals surface area contributed by atoms with E-state index in [0.717, 1.165) is 0 Å². The van der Waals surface area contributed by atoms with Crippen LogP contribution in [0.1, 0.15) is 41.5 Å². The number of nitrogens with zero attached hydrogens (tertiary/aromatic N) is 1. The van der Waals surface area contributed by atoms with Crippen LogP contribution in [0, 0.1) is 0 Å². The maximum atomic E-state index is 11.7. The van der Waals surface area contributed by atoms with Crippen LogP contribution in [0.4, 0.5) is 4.79 Å². The van der Waals surface area contributed by atoms with Gasteiger partial charge in [-0.15, -0.1) is 0 Å². The molecule has 5 nitrogen and oxygen atoms in total. The number of nitrogens with two attached hydrogens (primary N) is 1. The normalized spacial score (nSPS) is 15.7. The molecule has 0 aromatic carbocycles. The van der Waals surface area contributed by atoms with Crippen molar-refractivity contribution in [1.29, 1.82) is 0 Å². The topological polar surface area (TPSA) is 67.6 Å². The number of alkyl carbamates (subject to hydrolysis) is 1. The molecule has 0 aliphatic rings. The fourth-order valence-corrected chi connectivity index (χ4v) is 1.70. The summed E-state index contributed by atoms with van der Waals surface area (Å²) >= 11 is 0. The molecule has 0 aromatic rings. The molecule has 0 aromatic heterocycles. The Morgan fingerprint density at radius 2 is 1.83 bits per heavy atom. The highest BCUT2D eigenvalue weighted by molar-refractivity contribution is 5.68. The van der Waals surface area contributed by atoms with Crippen LogP contribution in [-0.2, 0) is 4.74 Å². The van der Waals surface area contributed by atoms with Gasteiger partial charge in [-0.05, 0) is 48.6 Å². The van der Waals surface area contributed by atoms with Crippen molar-refractivity contribution < 1.29 is 9.53 Å². The Morgan fingerprint density at radius 1 is 1.33 bits per heavy atom. The van der Waals surface area contributed by atoms with Crippen LogP contribution in [0.3, 0.4) is 0 Å². The van der Waals surface area contributed by atoms with Crippen LogP contribution in [0.15, 0.2) is 0 Å². The van der Waals surface area contributed by atoms with Gasteiger partial charge in [-0.2, -0.15) is 0 Å². The van der Waals surface area contributed by atoms with Crippen LogP contribution in [0.5, 0.6) is 0 Å². The van der Waals surface area contributed by atoms with E-state index in [-0.39, 0.29) is 12.1 Å². The molecule has 0 aliphatic carbocycles. The van der Waals surface area contributed by atoms with Crippen LogP contribution < -0.4 is 11.1 Å². The number of amides is 1. The second-order valence-electron chi connectivity index (χ2n) is 6.00. The third kappa shape index (κ3) is 6.21. The molecule has 2 atom stereocenters. The zero-order chi connectivity index (χ0) is 14.5. The predicted octanol–water partition coefficient (Wildman–Crippen LogP) is 1.57. The smallest absolute Gasteiger partial charge is 0.407 e. The average molecular weight is 259 g/mol. The zero-order valence-corrected chi connectivity index (χ0v) is 12.8. The van der Waals surface area contributed by atoms with Crippen LogP contribution in [-0.4, -0.2) is 48.3 Å². The van der Waals surface area contributed by atoms with Gasteiger partial charge in [0, 0.05) is 24.7 Å². The molecule has 2 unspecified atom stereocenters. The van der Waals surface area contributed by atoms with Gasteiger partial charge in [0.2, 0.25) is 0 Å². The third-order valence-corrected chi connectivity index (χ3v) is 2.90. The third-order valence-electron chi connectivity index (χ3n) is 2.90. The molecule has 0 saturated carbocycles. The van der Waals surface area contributed by atoms with Crippen LogP contribution in [0.25, 0.3) is 0 Å². The van der Waals surface area contributed by atoms with Gasteiger partial charge < -0.3 is 15.8 Å². The highest BCUT2D eigenvalue weighted by Gasteiger charge is 2.25. The zero-order valence-electron chi connectivity index (χ0n) is 12.8. The molecule has 108 valence electrons. The van der Waals surface area contributed by atoms with Gasteiger partial charge in [0.05, 0.1) is 0 Å². The van der Waals surface area contributed by atoms with Crippen molar-refractivity contribution in [2.75, 3.05) is 13.6 Å². The molecule has 3 N–H and O–H groups in total. The number of carbonyl (C=O) groups excluding carboxylic acids is 1. The first-order valence-corrected chi connectivity index (χ1v) is 6.50. The average Bonchev–Trinajstić information content (AvgIpc) is 2.14. The molecule has 1 amide bonds. The van der Waals surface area contributed by atoms with E-state index < -0.39 is 11.7 Å². The lowest BCUT2D eigenvalue weighted by Crippen LogP contribution is -2.54. The van der Waals surface area contributed by atoms with E-state index in [1.165, 1.54) is 0 Å². The quantitative estimate of drug-likeness (QED) is 0.786. The summed E-state index contributed by atoms with van der Waals surface area (Å²) in [6, 6.07) is 0.413. The monoisotopic (exact) mass is 259 g/mol. The number of likely N-dealkylation sites (N-methyl/N-ethyl adjacent to an activating group) is 1. The lowest BCUT2D eigenvalue weighted by molar-refractivity contribution is 0.0469. The standard InChI is InChI=1S/C13H29N3O2/c1-9(2)16(7)11(8-14)10(3)15-12(17)18-13(4,5)6/h9-11H,8,14H2,1-7H3,(H,15,17). The summed E-state index contributed by atoms with van der Waals surface area (Å²) in [6.45, 7) is 12.2. The van der Waals surface area contributed by atoms with Crippen molar-refractivity contribution in [3.63, 3.8) is 0 Å². The Bertz CT molecular complexity index is 261. The largest absolute Gasteiger partial charge is 0.444 e. The minimum Gasteiger partial charge on any atom is -0.444 e. The Kier molecular flexibility index (Phi) is 6.63. The first-order chi connectivity index (χ1) is 8.08. The van der Waals surface area contributed by atoms with Gasteiger partial charge >= 0.3 is 6.09 Å². The lowest BCUT2D eigenvalue weighted by Gasteiger charge is -2.35. The van der Waals surface area contributed by atoms with Crippen molar-refractivity contribution in [2.24, 2.45) is 5.73 Å². The van der Waals surface area contributed by atoms with E-state index in [2.05, 4.69) is 24.1 Å². The highest BCUT2D eigenvalue weighted by Crippen LogP contribution is 2.09. The van der Waals surface area contributed by atoms with Gasteiger partial charge in [-0.1, -0.05) is 0 Å². The minimum atomic E-state index is -0.480. The summed E-state index contributed by atoms with van der Waals surface area (Å²) in [6.07, 6.45) is -0.398. The van der Waals surface area contributed by atoms with E-state index >= 15 is 0 Å². The molecule has 0 aliphatic heterocycles. The summed E-state index contributed by atoms with van der Waals surface area (Å²) in [7, 11) is 2.01. The Hall–Kier alpha value is -0.810. The van der Waals surface area contributed by atoms with E-state index in [0.29, 0.717) is 12.6 Å². The molecule has 0 rings (SSSR count). The fraction of sp³-hybridized carbons (Fsp3) is 0.923. The highest BCUT2D eigenvalue weighted by atomic mass is 16.6. The van der Waals surface area contributed by atoms with E-state index in [1.807, 2.05) is 34.7 Å². The molecular weight excluding hydrogens is 230 g/mol. The Balaban J connectivity index is 4.45. The summed E-state index contributed by atoms with van der Waals surface area (Å²) in [4.78, 5) is 13.8. The first-order valence-electron chi connectivity index (χ1n) is 6.50. The van der Waals surface area contributed by atoms with Gasteiger partial charge in [0.15, 0.2) is 0 Å². The summed E-state index contributed by atoms with van der Waals surface area (Å²) in [5, 5.41) is 2.84. The number of hydrogen-bond donors (Lipinski definition) is 2. The minimum absolute atomic E-state index is 0.0581. The second kappa shape index (κ2) is 6.95. The fourth-order valence-electron chi connectivity index (χ4n) is 1.70. The summed E-state index contributed by atoms with van der Waals surface area (Å²) in [5.74, 6) is 0. The van der Waals surface area contributed by atoms with Gasteiger partial charge in [0.25, 0.3) is 0 Å². The van der Waals surface area contributed by atoms with Crippen molar-refractivity contribution in [1.82, 2.24) is 10.2 Å². The second-order valence-corrected chi connectivity index (χ2v) is 6.00. The maximum absolute atomic E-state index is 11.7. The summed E-state index contributed by atoms with van der Waals surface area (Å²) < 4.78 is 5.23. The van der Waals surface area contributed by atoms with Crippen molar-refractivity contribution in [3.8, 4) is 0 Å². The molecule has 5 heteroatoms. The Morgan fingerprint density at radius 3 is 2.17 bits per heavy atom. The van der Waals surface area contributed by atoms with Gasteiger partial charge in [-0.3, -0.25) is 4.90 Å². The van der Waals surface area contributed by atoms with Crippen molar-refractivity contribution in [3.05, 3.63) is 0 Å². The maximum Gasteiger partial charge on any atom is 0.407 e. The molecule has 0 radical (unpaired) electrons. The molecule has 0 saturated heterocycles. The number of carbonyl (C=O) groups is 1. The number of nitrogens with one attached hydrogen (secondary N) is 1. The number of rotatable bonds is 5. The van der Waals surface area contributed by atoms with Gasteiger partial charge in [0.1, 0.15) is 5.60 Å². The number of ether oxygens (including phenoxy) is 1. The Labute approximate surface area is 111 Å². The molecule has 0 bridgehead atoms. The van der Waals surface area contributed by atoms with Gasteiger partial charge in [-0.25, -0.2) is 4.79 Å². The van der Waals surface area contributed by atoms with Crippen LogP contribution >= 0.6 is 0 Å². The first kappa shape index (κ1) is 17.2. The molecule has 0 heterocycles. The van der Waals surface area contributed by atoms with Crippen LogP contribution in [0.2, 0.25) is 0 Å². The van der Waals surface area contributed by atoms with E-state index in [9.17, 15) is 4.79 Å². The summed E-state index contributed by atoms with van der Waals surface area (Å²) in [5.41, 5.74) is 5.30. The predicted molar refractivity (Wildman–Crippen MR) is 74.6 cm³/mol. The molecule has 0 spiro atoms. The van der Waals surface area contributed by atoms with E-state index in [1.54, 1.807) is 0 Å². The van der Waals surface area contributed by atoms with E-state index in [4.69, 9.17) is 10.5 Å². The van der Waals surface area contributed by atoms with Crippen molar-refractivity contribution in [2.45, 2.75) is 65.3 Å². The number of hydrogen-bond acceptors (Lipinski definition) is 4.